The molecule has 1 unspecified atom stereocenters. The molecule has 2 aromatic rings. The standard InChI is InChI=1S/C27H34N4O7S/c1-5-16-13-27(16,26(33)31-39(34,35)18-7-8-18)30-25(32)20-11-17(14-28-20)38-22-12-23(37-6-2)29-24-15(3)21(36-4)10-9-19(22)24/h5,9-10,12,16-18,20,28H,1,6-8,11,13-14H2,2-4H3,(H,30,32)(H,31,33)/t16?,17-,20+,27-/m1/s1. The van der Waals surface area contributed by atoms with Gasteiger partial charge in [0.25, 0.3) is 5.91 Å². The minimum Gasteiger partial charge on any atom is -0.496 e. The number of aromatic nitrogens is 1. The Kier molecular flexibility index (Phi) is 7.19. The summed E-state index contributed by atoms with van der Waals surface area (Å²) in [5.74, 6) is 0.266. The van der Waals surface area contributed by atoms with E-state index in [0.717, 1.165) is 10.9 Å². The lowest BCUT2D eigenvalue weighted by molar-refractivity contribution is -0.130. The van der Waals surface area contributed by atoms with Crippen molar-refractivity contribution in [1.29, 1.82) is 0 Å². The van der Waals surface area contributed by atoms with Crippen LogP contribution in [0, 0.1) is 12.8 Å². The van der Waals surface area contributed by atoms with E-state index in [-0.39, 0.29) is 17.9 Å². The molecule has 1 saturated heterocycles. The van der Waals surface area contributed by atoms with E-state index in [1.807, 2.05) is 26.0 Å². The Morgan fingerprint density at radius 1 is 1.28 bits per heavy atom. The van der Waals surface area contributed by atoms with Crippen LogP contribution in [0.25, 0.3) is 10.9 Å². The summed E-state index contributed by atoms with van der Waals surface area (Å²) in [7, 11) is -2.13. The molecule has 11 nitrogen and oxygen atoms in total. The molecule has 2 heterocycles. The fourth-order valence-electron chi connectivity index (χ4n) is 5.09. The Labute approximate surface area is 227 Å². The second-order valence-corrected chi connectivity index (χ2v) is 12.3. The zero-order valence-corrected chi connectivity index (χ0v) is 23.1. The van der Waals surface area contributed by atoms with Gasteiger partial charge in [0, 0.05) is 35.9 Å². The zero-order valence-electron chi connectivity index (χ0n) is 22.3. The number of sulfonamides is 1. The maximum absolute atomic E-state index is 13.2. The third-order valence-electron chi connectivity index (χ3n) is 7.58. The molecule has 1 aromatic heterocycles. The lowest BCUT2D eigenvalue weighted by atomic mass is 10.1. The Morgan fingerprint density at radius 3 is 2.69 bits per heavy atom. The van der Waals surface area contributed by atoms with Gasteiger partial charge in [-0.15, -0.1) is 6.58 Å². The van der Waals surface area contributed by atoms with Crippen LogP contribution < -0.4 is 29.6 Å². The van der Waals surface area contributed by atoms with Crippen LogP contribution in [0.4, 0.5) is 0 Å². The Balaban J connectivity index is 1.29. The molecule has 39 heavy (non-hydrogen) atoms. The van der Waals surface area contributed by atoms with Gasteiger partial charge in [0.1, 0.15) is 23.1 Å². The largest absolute Gasteiger partial charge is 0.496 e. The van der Waals surface area contributed by atoms with Gasteiger partial charge in [0.15, 0.2) is 0 Å². The van der Waals surface area contributed by atoms with Crippen LogP contribution in [0.1, 0.15) is 38.2 Å². The van der Waals surface area contributed by atoms with Crippen molar-refractivity contribution < 1.29 is 32.2 Å². The van der Waals surface area contributed by atoms with Crippen LogP contribution in [0.5, 0.6) is 17.4 Å². The molecule has 210 valence electrons. The summed E-state index contributed by atoms with van der Waals surface area (Å²) in [6.45, 7) is 8.37. The molecule has 1 aromatic carbocycles. The van der Waals surface area contributed by atoms with Crippen LogP contribution in [0.2, 0.25) is 0 Å². The molecule has 5 rings (SSSR count). The quantitative estimate of drug-likeness (QED) is 0.351. The van der Waals surface area contributed by atoms with Crippen LogP contribution in [0.15, 0.2) is 30.9 Å². The van der Waals surface area contributed by atoms with Gasteiger partial charge in [-0.05, 0) is 45.2 Å². The summed E-state index contributed by atoms with van der Waals surface area (Å²) in [6.07, 6.45) is 2.95. The molecule has 4 atom stereocenters. The van der Waals surface area contributed by atoms with E-state index in [2.05, 4.69) is 26.9 Å². The highest BCUT2D eigenvalue weighted by atomic mass is 32.2. The minimum atomic E-state index is -3.74. The van der Waals surface area contributed by atoms with Crippen molar-refractivity contribution in [3.05, 3.63) is 36.4 Å². The first kappa shape index (κ1) is 27.2. The average molecular weight is 559 g/mol. The molecule has 12 heteroatoms. The number of methoxy groups -OCH3 is 1. The molecule has 0 bridgehead atoms. The number of fused-ring (bicyclic) bond motifs is 1. The van der Waals surface area contributed by atoms with Crippen molar-refractivity contribution in [2.75, 3.05) is 20.3 Å². The smallest absolute Gasteiger partial charge is 0.259 e. The Bertz CT molecular complexity index is 1420. The van der Waals surface area contributed by atoms with Crippen molar-refractivity contribution in [3.63, 3.8) is 0 Å². The van der Waals surface area contributed by atoms with Gasteiger partial charge >= 0.3 is 0 Å². The predicted molar refractivity (Wildman–Crippen MR) is 144 cm³/mol. The van der Waals surface area contributed by atoms with Crippen LogP contribution in [-0.2, 0) is 19.6 Å². The van der Waals surface area contributed by atoms with Gasteiger partial charge in [-0.2, -0.15) is 0 Å². The summed E-state index contributed by atoms with van der Waals surface area (Å²) < 4.78 is 44.3. The minimum absolute atomic E-state index is 0.299. The number of pyridine rings is 1. The summed E-state index contributed by atoms with van der Waals surface area (Å²) in [5.41, 5.74) is 0.247. The number of amides is 2. The number of hydrogen-bond donors (Lipinski definition) is 3. The summed E-state index contributed by atoms with van der Waals surface area (Å²) >= 11 is 0. The molecular formula is C27H34N4O7S. The number of nitrogens with one attached hydrogen (secondary N) is 3. The van der Waals surface area contributed by atoms with E-state index in [1.54, 1.807) is 19.3 Å². The zero-order chi connectivity index (χ0) is 27.9. The first-order valence-electron chi connectivity index (χ1n) is 13.1. The maximum Gasteiger partial charge on any atom is 0.259 e. The topological polar surface area (TPSA) is 145 Å². The van der Waals surface area contributed by atoms with Gasteiger partial charge in [0.05, 0.1) is 30.5 Å². The number of ether oxygens (including phenoxy) is 3. The van der Waals surface area contributed by atoms with Gasteiger partial charge in [-0.1, -0.05) is 6.08 Å². The number of hydrogen-bond acceptors (Lipinski definition) is 9. The van der Waals surface area contributed by atoms with Crippen molar-refractivity contribution in [1.82, 2.24) is 20.3 Å². The summed E-state index contributed by atoms with van der Waals surface area (Å²) in [6, 6.07) is 4.86. The highest BCUT2D eigenvalue weighted by Crippen LogP contribution is 2.45. The molecule has 0 spiro atoms. The van der Waals surface area contributed by atoms with Gasteiger partial charge in [0.2, 0.25) is 21.8 Å². The van der Waals surface area contributed by atoms with E-state index in [9.17, 15) is 18.0 Å². The lowest BCUT2D eigenvalue weighted by Gasteiger charge is -2.21. The van der Waals surface area contributed by atoms with Crippen molar-refractivity contribution in [3.8, 4) is 17.4 Å². The van der Waals surface area contributed by atoms with Gasteiger partial charge in [-0.25, -0.2) is 13.4 Å². The van der Waals surface area contributed by atoms with Crippen LogP contribution in [-0.4, -0.2) is 68.4 Å². The Hall–Kier alpha value is -3.38. The molecule has 0 radical (unpaired) electrons. The highest BCUT2D eigenvalue weighted by molar-refractivity contribution is 7.91. The fraction of sp³-hybridized carbons (Fsp3) is 0.519. The van der Waals surface area contributed by atoms with Crippen molar-refractivity contribution in [2.45, 2.75) is 62.5 Å². The van der Waals surface area contributed by atoms with Crippen LogP contribution >= 0.6 is 0 Å². The predicted octanol–water partition coefficient (Wildman–Crippen LogP) is 1.73. The molecule has 2 aliphatic carbocycles. The lowest BCUT2D eigenvalue weighted by Crippen LogP contribution is -2.55. The van der Waals surface area contributed by atoms with Crippen LogP contribution in [0.3, 0.4) is 0 Å². The number of aryl methyl sites for hydroxylation is 1. The Morgan fingerprint density at radius 2 is 2.05 bits per heavy atom. The molecule has 1 aliphatic heterocycles. The fourth-order valence-corrected chi connectivity index (χ4v) is 6.46. The average Bonchev–Trinajstić information content (AvgIpc) is 3.82. The second kappa shape index (κ2) is 10.3. The number of benzene rings is 1. The van der Waals surface area contributed by atoms with Crippen molar-refractivity contribution >= 4 is 32.7 Å². The van der Waals surface area contributed by atoms with E-state index in [0.29, 0.717) is 61.7 Å². The first-order chi connectivity index (χ1) is 18.6. The number of nitrogens with zero attached hydrogens (tertiary/aromatic N) is 1. The molecule has 3 fully saturated rings. The third kappa shape index (κ3) is 5.27. The third-order valence-corrected chi connectivity index (χ3v) is 9.40. The molecule has 2 saturated carbocycles. The monoisotopic (exact) mass is 558 g/mol. The maximum atomic E-state index is 13.2. The number of rotatable bonds is 11. The highest BCUT2D eigenvalue weighted by Gasteiger charge is 2.61. The first-order valence-corrected chi connectivity index (χ1v) is 14.7. The van der Waals surface area contributed by atoms with Gasteiger partial charge < -0.3 is 24.8 Å². The van der Waals surface area contributed by atoms with E-state index >= 15 is 0 Å². The summed E-state index contributed by atoms with van der Waals surface area (Å²) in [5, 5.41) is 6.22. The second-order valence-electron chi connectivity index (χ2n) is 10.3. The molecule has 3 N–H and O–H groups in total. The molecule has 3 aliphatic rings. The van der Waals surface area contributed by atoms with E-state index in [4.69, 9.17) is 14.2 Å². The molecular weight excluding hydrogens is 524 g/mol. The van der Waals surface area contributed by atoms with Gasteiger partial charge in [-0.3, -0.25) is 14.3 Å². The normalized spacial score (nSPS) is 26.1. The summed E-state index contributed by atoms with van der Waals surface area (Å²) in [4.78, 5) is 30.8. The number of carbonyl (C=O) groups is 2. The molecule has 2 amide bonds. The number of carbonyl (C=O) groups excluding carboxylic acids is 2. The SMILES string of the molecule is C=CC1C[C@]1(NC(=O)[C@@H]1C[C@@H](Oc2cc(OCC)nc3c(C)c(OC)ccc23)CN1)C(=O)NS(=O)(=O)C1CC1. The van der Waals surface area contributed by atoms with E-state index < -0.39 is 32.8 Å². The van der Waals surface area contributed by atoms with E-state index in [1.165, 1.54) is 0 Å². The van der Waals surface area contributed by atoms with Crippen molar-refractivity contribution in [2.24, 2.45) is 5.92 Å².